The highest BCUT2D eigenvalue weighted by Gasteiger charge is 2.26. The van der Waals surface area contributed by atoms with Crippen molar-refractivity contribution in [3.8, 4) is 6.01 Å². The number of nitrogens with zero attached hydrogens (tertiary/aromatic N) is 2. The van der Waals surface area contributed by atoms with Crippen molar-refractivity contribution >= 4 is 5.82 Å². The summed E-state index contributed by atoms with van der Waals surface area (Å²) in [6, 6.07) is 5.39. The van der Waals surface area contributed by atoms with Crippen LogP contribution in [0.4, 0.5) is 23.4 Å². The summed E-state index contributed by atoms with van der Waals surface area (Å²) < 4.78 is 57.9. The first-order valence-corrected chi connectivity index (χ1v) is 6.91. The number of nitrogens with one attached hydrogen (secondary N) is 1. The summed E-state index contributed by atoms with van der Waals surface area (Å²) in [6.45, 7) is 0.626. The summed E-state index contributed by atoms with van der Waals surface area (Å²) in [6.07, 6.45) is 0.458. The number of benzene rings is 1. The summed E-state index contributed by atoms with van der Waals surface area (Å²) in [4.78, 5) is 7.34. The molecule has 0 fully saturated rings. The van der Waals surface area contributed by atoms with Crippen molar-refractivity contribution in [3.63, 3.8) is 0 Å². The van der Waals surface area contributed by atoms with Gasteiger partial charge in [-0.3, -0.25) is 0 Å². The second kappa shape index (κ2) is 7.26. The molecule has 1 aromatic heterocycles. The van der Waals surface area contributed by atoms with E-state index >= 15 is 0 Å². The quantitative estimate of drug-likeness (QED) is 0.785. The lowest BCUT2D eigenvalue weighted by molar-refractivity contribution is 0.0114. The van der Waals surface area contributed by atoms with Crippen molar-refractivity contribution in [1.82, 2.24) is 9.97 Å². The number of aromatic nitrogens is 2. The van der Waals surface area contributed by atoms with Crippen molar-refractivity contribution in [2.24, 2.45) is 0 Å². The van der Waals surface area contributed by atoms with Gasteiger partial charge in [0.2, 0.25) is 0 Å². The molecule has 0 saturated heterocycles. The molecule has 2 aromatic rings. The number of hydrogen-bond donors (Lipinski definition) is 1. The van der Waals surface area contributed by atoms with Crippen LogP contribution in [0.1, 0.15) is 18.9 Å². The Kier molecular flexibility index (Phi) is 5.36. The lowest BCUT2D eigenvalue weighted by Crippen LogP contribution is -2.26. The highest BCUT2D eigenvalue weighted by Crippen LogP contribution is 2.20. The van der Waals surface area contributed by atoms with Crippen molar-refractivity contribution in [3.05, 3.63) is 47.7 Å². The van der Waals surface area contributed by atoms with Gasteiger partial charge >= 0.3 is 6.01 Å². The van der Waals surface area contributed by atoms with Gasteiger partial charge in [0, 0.05) is 6.42 Å². The first-order chi connectivity index (χ1) is 10.9. The maximum Gasteiger partial charge on any atom is 0.318 e. The van der Waals surface area contributed by atoms with E-state index in [0.717, 1.165) is 6.20 Å². The van der Waals surface area contributed by atoms with Gasteiger partial charge in [-0.1, -0.05) is 19.1 Å². The number of ether oxygens (including phenoxy) is 1. The van der Waals surface area contributed by atoms with E-state index in [1.54, 1.807) is 0 Å². The fourth-order valence-corrected chi connectivity index (χ4v) is 1.61. The van der Waals surface area contributed by atoms with Crippen molar-refractivity contribution in [1.29, 1.82) is 0 Å². The fraction of sp³-hybridized carbons (Fsp3) is 0.333. The SMILES string of the molecule is CCC(F)(F)CNc1nc(OCc2ccc(F)cc2)ncc1F. The molecule has 0 aliphatic heterocycles. The second-order valence-corrected chi connectivity index (χ2v) is 4.83. The lowest BCUT2D eigenvalue weighted by Gasteiger charge is -2.15. The van der Waals surface area contributed by atoms with Crippen LogP contribution in [0, 0.1) is 11.6 Å². The molecule has 0 saturated carbocycles. The van der Waals surface area contributed by atoms with Gasteiger partial charge in [-0.2, -0.15) is 4.98 Å². The van der Waals surface area contributed by atoms with Gasteiger partial charge in [0.05, 0.1) is 12.7 Å². The Morgan fingerprint density at radius 1 is 1.17 bits per heavy atom. The van der Waals surface area contributed by atoms with Crippen LogP contribution < -0.4 is 10.1 Å². The molecule has 4 nitrogen and oxygen atoms in total. The summed E-state index contributed by atoms with van der Waals surface area (Å²) in [7, 11) is 0. The number of alkyl halides is 2. The number of rotatable bonds is 7. The highest BCUT2D eigenvalue weighted by molar-refractivity contribution is 5.36. The molecule has 1 aromatic carbocycles. The third-order valence-corrected chi connectivity index (χ3v) is 3.03. The smallest absolute Gasteiger partial charge is 0.318 e. The van der Waals surface area contributed by atoms with Crippen LogP contribution in [0.25, 0.3) is 0 Å². The maximum absolute atomic E-state index is 13.5. The molecule has 0 atom stereocenters. The van der Waals surface area contributed by atoms with E-state index < -0.39 is 18.3 Å². The van der Waals surface area contributed by atoms with Crippen LogP contribution >= 0.6 is 0 Å². The standard InChI is InChI=1S/C15H15F4N3O/c1-2-15(18,19)9-21-13-12(17)7-20-14(22-13)23-8-10-3-5-11(16)6-4-10/h3-7H,2,8-9H2,1H3,(H,20,21,22). The lowest BCUT2D eigenvalue weighted by atomic mass is 10.2. The zero-order valence-electron chi connectivity index (χ0n) is 12.3. The summed E-state index contributed by atoms with van der Waals surface area (Å²) in [5, 5.41) is 2.24. The van der Waals surface area contributed by atoms with E-state index in [1.807, 2.05) is 0 Å². The molecular formula is C15H15F4N3O. The minimum Gasteiger partial charge on any atom is -0.459 e. The number of anilines is 1. The fourth-order valence-electron chi connectivity index (χ4n) is 1.61. The molecule has 1 N–H and O–H groups in total. The molecule has 2 rings (SSSR count). The van der Waals surface area contributed by atoms with Gasteiger partial charge in [0.25, 0.3) is 5.92 Å². The number of halogens is 4. The zero-order valence-corrected chi connectivity index (χ0v) is 12.3. The van der Waals surface area contributed by atoms with E-state index in [9.17, 15) is 17.6 Å². The van der Waals surface area contributed by atoms with Gasteiger partial charge in [0.1, 0.15) is 12.4 Å². The van der Waals surface area contributed by atoms with E-state index in [1.165, 1.54) is 31.2 Å². The molecule has 0 bridgehead atoms. The highest BCUT2D eigenvalue weighted by atomic mass is 19.3. The van der Waals surface area contributed by atoms with Gasteiger partial charge in [-0.05, 0) is 17.7 Å². The predicted molar refractivity (Wildman–Crippen MR) is 76.4 cm³/mol. The molecule has 1 heterocycles. The molecular weight excluding hydrogens is 314 g/mol. The predicted octanol–water partition coefficient (Wildman–Crippen LogP) is 3.79. The largest absolute Gasteiger partial charge is 0.459 e. The van der Waals surface area contributed by atoms with Crippen molar-refractivity contribution < 1.29 is 22.3 Å². The monoisotopic (exact) mass is 329 g/mol. The average Bonchev–Trinajstić information content (AvgIpc) is 2.54. The summed E-state index contributed by atoms with van der Waals surface area (Å²) >= 11 is 0. The van der Waals surface area contributed by atoms with Gasteiger partial charge in [0.15, 0.2) is 11.6 Å². The minimum atomic E-state index is -2.97. The van der Waals surface area contributed by atoms with Gasteiger partial charge in [-0.25, -0.2) is 22.5 Å². The maximum atomic E-state index is 13.5. The first kappa shape index (κ1) is 17.0. The van der Waals surface area contributed by atoms with Crippen LogP contribution in [0.3, 0.4) is 0 Å². The molecule has 0 amide bonds. The Labute approximate surface area is 130 Å². The molecule has 0 unspecified atom stereocenters. The third kappa shape index (κ3) is 5.08. The molecule has 23 heavy (non-hydrogen) atoms. The topological polar surface area (TPSA) is 47.0 Å². The summed E-state index contributed by atoms with van der Waals surface area (Å²) in [5.74, 6) is -4.56. The molecule has 0 radical (unpaired) electrons. The van der Waals surface area contributed by atoms with E-state index in [-0.39, 0.29) is 30.7 Å². The van der Waals surface area contributed by atoms with Crippen LogP contribution in [-0.2, 0) is 6.61 Å². The summed E-state index contributed by atoms with van der Waals surface area (Å²) in [5.41, 5.74) is 0.659. The Bertz CT molecular complexity index is 650. The molecule has 0 aliphatic carbocycles. The van der Waals surface area contributed by atoms with Crippen LogP contribution in [0.5, 0.6) is 6.01 Å². The molecule has 8 heteroatoms. The Hall–Kier alpha value is -2.38. The Morgan fingerprint density at radius 2 is 1.87 bits per heavy atom. The molecule has 0 spiro atoms. The first-order valence-electron chi connectivity index (χ1n) is 6.91. The molecule has 124 valence electrons. The normalized spacial score (nSPS) is 11.3. The second-order valence-electron chi connectivity index (χ2n) is 4.83. The Morgan fingerprint density at radius 3 is 2.52 bits per heavy atom. The zero-order chi connectivity index (χ0) is 16.9. The van der Waals surface area contributed by atoms with Crippen LogP contribution in [0.2, 0.25) is 0 Å². The number of hydrogen-bond acceptors (Lipinski definition) is 4. The Balaban J connectivity index is 2.00. The van der Waals surface area contributed by atoms with Crippen LogP contribution in [0.15, 0.2) is 30.5 Å². The van der Waals surface area contributed by atoms with E-state index in [4.69, 9.17) is 4.74 Å². The van der Waals surface area contributed by atoms with E-state index in [2.05, 4.69) is 15.3 Å². The minimum absolute atomic E-state index is 0.0382. The average molecular weight is 329 g/mol. The molecule has 0 aliphatic rings. The van der Waals surface area contributed by atoms with Crippen molar-refractivity contribution in [2.45, 2.75) is 25.9 Å². The van der Waals surface area contributed by atoms with Crippen molar-refractivity contribution in [2.75, 3.05) is 11.9 Å². The van der Waals surface area contributed by atoms with Crippen LogP contribution in [-0.4, -0.2) is 22.4 Å². The van der Waals surface area contributed by atoms with Gasteiger partial charge < -0.3 is 10.1 Å². The van der Waals surface area contributed by atoms with E-state index in [0.29, 0.717) is 5.56 Å². The third-order valence-electron chi connectivity index (χ3n) is 3.03. The van der Waals surface area contributed by atoms with Gasteiger partial charge in [-0.15, -0.1) is 0 Å².